The number of hydrogen-bond acceptors (Lipinski definition) is 4. The zero-order chi connectivity index (χ0) is 18.9. The van der Waals surface area contributed by atoms with Crippen LogP contribution in [0, 0.1) is 0 Å². The van der Waals surface area contributed by atoms with E-state index in [1.807, 2.05) is 37.3 Å². The normalized spacial score (nSPS) is 11.5. The first-order chi connectivity index (χ1) is 12.5. The minimum atomic E-state index is -0.900. The highest BCUT2D eigenvalue weighted by Gasteiger charge is 2.18. The Morgan fingerprint density at radius 1 is 1.12 bits per heavy atom. The largest absolute Gasteiger partial charge is 0.493 e. The fourth-order valence-electron chi connectivity index (χ4n) is 2.60. The molecule has 2 aromatic rings. The van der Waals surface area contributed by atoms with Crippen molar-refractivity contribution in [2.24, 2.45) is 0 Å². The van der Waals surface area contributed by atoms with Gasteiger partial charge in [-0.25, -0.2) is 0 Å². The van der Waals surface area contributed by atoms with Crippen LogP contribution < -0.4 is 14.8 Å². The molecule has 0 aliphatic rings. The van der Waals surface area contributed by atoms with Crippen LogP contribution in [0.1, 0.15) is 41.7 Å². The van der Waals surface area contributed by atoms with E-state index >= 15 is 0 Å². The van der Waals surface area contributed by atoms with E-state index in [2.05, 4.69) is 5.32 Å². The van der Waals surface area contributed by atoms with E-state index in [9.17, 15) is 9.59 Å². The van der Waals surface area contributed by atoms with Crippen LogP contribution >= 0.6 is 0 Å². The summed E-state index contributed by atoms with van der Waals surface area (Å²) >= 11 is 0. The van der Waals surface area contributed by atoms with E-state index < -0.39 is 12.0 Å². The molecule has 0 saturated heterocycles. The SMILES string of the molecule is CCOc1ccc(C(=O)NC(CCC(=O)O)c2ccccc2)cc1OC. The summed E-state index contributed by atoms with van der Waals surface area (Å²) in [4.78, 5) is 23.6. The molecule has 2 N–H and O–H groups in total. The highest BCUT2D eigenvalue weighted by Crippen LogP contribution is 2.28. The number of hydrogen-bond donors (Lipinski definition) is 2. The van der Waals surface area contributed by atoms with Crippen molar-refractivity contribution in [2.75, 3.05) is 13.7 Å². The third-order valence-electron chi connectivity index (χ3n) is 3.88. The Bertz CT molecular complexity index is 745. The lowest BCUT2D eigenvalue weighted by Crippen LogP contribution is -2.29. The molecule has 0 saturated carbocycles. The lowest BCUT2D eigenvalue weighted by atomic mass is 10.0. The van der Waals surface area contributed by atoms with Crippen LogP contribution in [0.25, 0.3) is 0 Å². The number of carbonyl (C=O) groups excluding carboxylic acids is 1. The summed E-state index contributed by atoms with van der Waals surface area (Å²) in [7, 11) is 1.51. The van der Waals surface area contributed by atoms with Crippen molar-refractivity contribution in [1.29, 1.82) is 0 Å². The van der Waals surface area contributed by atoms with Crippen molar-refractivity contribution in [3.8, 4) is 11.5 Å². The highest BCUT2D eigenvalue weighted by atomic mass is 16.5. The Labute approximate surface area is 152 Å². The van der Waals surface area contributed by atoms with Gasteiger partial charge in [-0.3, -0.25) is 9.59 Å². The third kappa shape index (κ3) is 5.24. The standard InChI is InChI=1S/C20H23NO5/c1-3-26-17-11-9-15(13-18(17)25-2)20(24)21-16(10-12-19(22)23)14-7-5-4-6-8-14/h4-9,11,13,16H,3,10,12H2,1-2H3,(H,21,24)(H,22,23). The smallest absolute Gasteiger partial charge is 0.303 e. The van der Waals surface area contributed by atoms with Gasteiger partial charge in [0, 0.05) is 12.0 Å². The van der Waals surface area contributed by atoms with Gasteiger partial charge in [0.2, 0.25) is 0 Å². The van der Waals surface area contributed by atoms with Crippen LogP contribution in [0.4, 0.5) is 0 Å². The summed E-state index contributed by atoms with van der Waals surface area (Å²) in [6.07, 6.45) is 0.270. The van der Waals surface area contributed by atoms with Gasteiger partial charge in [-0.15, -0.1) is 0 Å². The molecule has 1 amide bonds. The molecule has 26 heavy (non-hydrogen) atoms. The van der Waals surface area contributed by atoms with E-state index in [1.165, 1.54) is 7.11 Å². The van der Waals surface area contributed by atoms with Crippen LogP contribution in [-0.4, -0.2) is 30.7 Å². The molecule has 6 nitrogen and oxygen atoms in total. The van der Waals surface area contributed by atoms with E-state index in [0.717, 1.165) is 5.56 Å². The van der Waals surface area contributed by atoms with Gasteiger partial charge >= 0.3 is 5.97 Å². The highest BCUT2D eigenvalue weighted by molar-refractivity contribution is 5.95. The van der Waals surface area contributed by atoms with Crippen molar-refractivity contribution in [1.82, 2.24) is 5.32 Å². The Hall–Kier alpha value is -3.02. The van der Waals surface area contributed by atoms with Gasteiger partial charge in [0.25, 0.3) is 5.91 Å². The lowest BCUT2D eigenvalue weighted by Gasteiger charge is -2.19. The fraction of sp³-hybridized carbons (Fsp3) is 0.300. The Morgan fingerprint density at radius 3 is 2.46 bits per heavy atom. The Morgan fingerprint density at radius 2 is 1.85 bits per heavy atom. The molecule has 1 unspecified atom stereocenters. The average Bonchev–Trinajstić information content (AvgIpc) is 2.66. The number of nitrogens with one attached hydrogen (secondary N) is 1. The second kappa shape index (κ2) is 9.46. The molecule has 0 bridgehead atoms. The van der Waals surface area contributed by atoms with Gasteiger partial charge in [-0.1, -0.05) is 30.3 Å². The van der Waals surface area contributed by atoms with Gasteiger partial charge in [-0.2, -0.15) is 0 Å². The second-order valence-corrected chi connectivity index (χ2v) is 5.67. The first-order valence-electron chi connectivity index (χ1n) is 8.43. The number of rotatable bonds is 9. The molecule has 138 valence electrons. The lowest BCUT2D eigenvalue weighted by molar-refractivity contribution is -0.137. The van der Waals surface area contributed by atoms with Crippen molar-refractivity contribution in [3.05, 3.63) is 59.7 Å². The summed E-state index contributed by atoms with van der Waals surface area (Å²) in [5.74, 6) is -0.160. The molecule has 0 heterocycles. The first-order valence-corrected chi connectivity index (χ1v) is 8.43. The van der Waals surface area contributed by atoms with E-state index in [4.69, 9.17) is 14.6 Å². The van der Waals surface area contributed by atoms with Gasteiger partial charge < -0.3 is 19.9 Å². The maximum Gasteiger partial charge on any atom is 0.303 e. The predicted octanol–water partition coefficient (Wildman–Crippen LogP) is 3.43. The number of amides is 1. The zero-order valence-corrected chi connectivity index (χ0v) is 14.9. The monoisotopic (exact) mass is 357 g/mol. The number of carboxylic acid groups (broad SMARTS) is 1. The molecule has 0 radical (unpaired) electrons. The number of benzene rings is 2. The molecule has 2 rings (SSSR count). The van der Waals surface area contributed by atoms with Crippen molar-refractivity contribution < 1.29 is 24.2 Å². The van der Waals surface area contributed by atoms with Gasteiger partial charge in [0.15, 0.2) is 11.5 Å². The van der Waals surface area contributed by atoms with Crippen LogP contribution in [0.5, 0.6) is 11.5 Å². The first kappa shape index (κ1) is 19.3. The van der Waals surface area contributed by atoms with Crippen molar-refractivity contribution >= 4 is 11.9 Å². The Balaban J connectivity index is 2.19. The number of ether oxygens (including phenoxy) is 2. The molecular weight excluding hydrogens is 334 g/mol. The molecule has 0 fully saturated rings. The number of methoxy groups -OCH3 is 1. The predicted molar refractivity (Wildman–Crippen MR) is 97.7 cm³/mol. The molecule has 0 aliphatic carbocycles. The van der Waals surface area contributed by atoms with Crippen LogP contribution in [-0.2, 0) is 4.79 Å². The summed E-state index contributed by atoms with van der Waals surface area (Å²) in [5.41, 5.74) is 1.28. The summed E-state index contributed by atoms with van der Waals surface area (Å²) in [5, 5.41) is 11.9. The minimum absolute atomic E-state index is 0.0353. The maximum absolute atomic E-state index is 12.7. The topological polar surface area (TPSA) is 84.9 Å². The minimum Gasteiger partial charge on any atom is -0.493 e. The summed E-state index contributed by atoms with van der Waals surface area (Å²) < 4.78 is 10.7. The number of carboxylic acids is 1. The molecular formula is C20H23NO5. The molecule has 0 spiro atoms. The Kier molecular flexibility index (Phi) is 7.02. The van der Waals surface area contributed by atoms with Crippen LogP contribution in [0.2, 0.25) is 0 Å². The second-order valence-electron chi connectivity index (χ2n) is 5.67. The third-order valence-corrected chi connectivity index (χ3v) is 3.88. The van der Waals surface area contributed by atoms with E-state index in [1.54, 1.807) is 18.2 Å². The van der Waals surface area contributed by atoms with Gasteiger partial charge in [-0.05, 0) is 37.1 Å². The van der Waals surface area contributed by atoms with Crippen LogP contribution in [0.15, 0.2) is 48.5 Å². The molecule has 0 aliphatic heterocycles. The van der Waals surface area contributed by atoms with Gasteiger partial charge in [0.1, 0.15) is 0 Å². The quantitative estimate of drug-likeness (QED) is 0.718. The molecule has 6 heteroatoms. The number of carbonyl (C=O) groups is 2. The molecule has 2 aromatic carbocycles. The van der Waals surface area contributed by atoms with Crippen LogP contribution in [0.3, 0.4) is 0 Å². The number of aliphatic carboxylic acids is 1. The zero-order valence-electron chi connectivity index (χ0n) is 14.9. The van der Waals surface area contributed by atoms with Crippen molar-refractivity contribution in [2.45, 2.75) is 25.8 Å². The summed E-state index contributed by atoms with van der Waals surface area (Å²) in [6, 6.07) is 13.9. The molecule has 1 atom stereocenters. The van der Waals surface area contributed by atoms with Crippen molar-refractivity contribution in [3.63, 3.8) is 0 Å². The van der Waals surface area contributed by atoms with E-state index in [0.29, 0.717) is 30.1 Å². The van der Waals surface area contributed by atoms with E-state index in [-0.39, 0.29) is 12.3 Å². The molecule has 0 aromatic heterocycles. The average molecular weight is 357 g/mol. The van der Waals surface area contributed by atoms with Gasteiger partial charge in [0.05, 0.1) is 19.8 Å². The fourth-order valence-corrected chi connectivity index (χ4v) is 2.60. The summed E-state index contributed by atoms with van der Waals surface area (Å²) in [6.45, 7) is 2.36. The maximum atomic E-state index is 12.7.